The number of amides is 1. The Morgan fingerprint density at radius 2 is 1.85 bits per heavy atom. The summed E-state index contributed by atoms with van der Waals surface area (Å²) in [6.45, 7) is 2.87. The largest absolute Gasteiger partial charge is 0.488 e. The first-order valence-corrected chi connectivity index (χ1v) is 6.83. The molecule has 4 heteroatoms. The lowest BCUT2D eigenvalue weighted by atomic mass is 10.2. The molecule has 0 heterocycles. The summed E-state index contributed by atoms with van der Waals surface area (Å²) in [5, 5.41) is 3.46. The summed E-state index contributed by atoms with van der Waals surface area (Å²) in [7, 11) is 0. The fraction of sp³-hybridized carbons (Fsp3) is 0.188. The van der Waals surface area contributed by atoms with E-state index in [-0.39, 0.29) is 5.91 Å². The summed E-state index contributed by atoms with van der Waals surface area (Å²) in [5.74, 6) is 0.451. The second-order valence-electron chi connectivity index (χ2n) is 4.27. The summed E-state index contributed by atoms with van der Waals surface area (Å²) in [6.07, 6.45) is 0. The van der Waals surface area contributed by atoms with Crippen molar-refractivity contribution in [1.82, 2.24) is 5.32 Å². The maximum atomic E-state index is 11.9. The molecule has 104 valence electrons. The summed E-state index contributed by atoms with van der Waals surface area (Å²) in [4.78, 5) is 11.9. The van der Waals surface area contributed by atoms with E-state index in [9.17, 15) is 4.79 Å². The molecule has 2 rings (SSSR count). The van der Waals surface area contributed by atoms with Gasteiger partial charge in [0.05, 0.1) is 5.56 Å². The molecule has 0 spiro atoms. The van der Waals surface area contributed by atoms with Crippen molar-refractivity contribution in [2.75, 3.05) is 6.54 Å². The second kappa shape index (κ2) is 6.96. The lowest BCUT2D eigenvalue weighted by molar-refractivity contribution is 0.0951. The lowest BCUT2D eigenvalue weighted by Gasteiger charge is -2.11. The molecule has 2 aromatic rings. The first kappa shape index (κ1) is 14.4. The van der Waals surface area contributed by atoms with Gasteiger partial charge in [-0.1, -0.05) is 35.9 Å². The highest BCUT2D eigenvalue weighted by molar-refractivity contribution is 6.30. The van der Waals surface area contributed by atoms with Gasteiger partial charge in [0.25, 0.3) is 5.91 Å². The molecule has 0 radical (unpaired) electrons. The summed E-state index contributed by atoms with van der Waals surface area (Å²) < 4.78 is 5.73. The average Bonchev–Trinajstić information content (AvgIpc) is 2.47. The highest BCUT2D eigenvalue weighted by atomic mass is 35.5. The minimum absolute atomic E-state index is 0.126. The van der Waals surface area contributed by atoms with Crippen LogP contribution in [0.25, 0.3) is 0 Å². The molecule has 0 bridgehead atoms. The molecule has 0 aliphatic rings. The number of hydrogen-bond donors (Lipinski definition) is 1. The number of benzene rings is 2. The Hall–Kier alpha value is -2.00. The molecule has 1 N–H and O–H groups in total. The predicted molar refractivity (Wildman–Crippen MR) is 80.2 cm³/mol. The van der Waals surface area contributed by atoms with Gasteiger partial charge in [-0.25, -0.2) is 0 Å². The average molecular weight is 290 g/mol. The van der Waals surface area contributed by atoms with Crippen LogP contribution in [-0.2, 0) is 6.61 Å². The number of halogens is 1. The van der Waals surface area contributed by atoms with E-state index in [1.807, 2.05) is 43.3 Å². The van der Waals surface area contributed by atoms with Crippen LogP contribution < -0.4 is 10.1 Å². The highest BCUT2D eigenvalue weighted by Crippen LogP contribution is 2.19. The fourth-order valence-electron chi connectivity index (χ4n) is 1.78. The first-order valence-electron chi connectivity index (χ1n) is 6.45. The van der Waals surface area contributed by atoms with Crippen molar-refractivity contribution in [2.45, 2.75) is 13.5 Å². The van der Waals surface area contributed by atoms with Gasteiger partial charge in [-0.05, 0) is 36.8 Å². The number of rotatable bonds is 5. The van der Waals surface area contributed by atoms with Crippen molar-refractivity contribution in [3.05, 3.63) is 64.7 Å². The quantitative estimate of drug-likeness (QED) is 0.912. The van der Waals surface area contributed by atoms with Crippen LogP contribution >= 0.6 is 11.6 Å². The van der Waals surface area contributed by atoms with Crippen LogP contribution in [0.5, 0.6) is 5.75 Å². The summed E-state index contributed by atoms with van der Waals surface area (Å²) >= 11 is 5.84. The molecule has 0 aromatic heterocycles. The topological polar surface area (TPSA) is 38.3 Å². The van der Waals surface area contributed by atoms with Gasteiger partial charge in [-0.2, -0.15) is 0 Å². The van der Waals surface area contributed by atoms with Crippen molar-refractivity contribution >= 4 is 17.5 Å². The van der Waals surface area contributed by atoms with Gasteiger partial charge in [0.1, 0.15) is 12.4 Å². The van der Waals surface area contributed by atoms with Gasteiger partial charge in [-0.3, -0.25) is 4.79 Å². The zero-order chi connectivity index (χ0) is 14.4. The summed E-state index contributed by atoms with van der Waals surface area (Å²) in [6, 6.07) is 14.6. The number of carbonyl (C=O) groups is 1. The Kier molecular flexibility index (Phi) is 5.02. The Bertz CT molecular complexity index is 581. The van der Waals surface area contributed by atoms with Crippen molar-refractivity contribution in [3.8, 4) is 5.75 Å². The Morgan fingerprint density at radius 1 is 1.15 bits per heavy atom. The third-order valence-electron chi connectivity index (χ3n) is 2.78. The lowest BCUT2D eigenvalue weighted by Crippen LogP contribution is -2.23. The zero-order valence-electron chi connectivity index (χ0n) is 11.2. The Morgan fingerprint density at radius 3 is 2.55 bits per heavy atom. The summed E-state index contributed by atoms with van der Waals surface area (Å²) in [5.41, 5.74) is 1.54. The second-order valence-corrected chi connectivity index (χ2v) is 4.71. The van der Waals surface area contributed by atoms with Crippen LogP contribution in [-0.4, -0.2) is 12.5 Å². The maximum Gasteiger partial charge on any atom is 0.255 e. The van der Waals surface area contributed by atoms with E-state index in [0.717, 1.165) is 5.56 Å². The van der Waals surface area contributed by atoms with E-state index >= 15 is 0 Å². The number of nitrogens with one attached hydrogen (secondary N) is 1. The molecule has 2 aromatic carbocycles. The van der Waals surface area contributed by atoms with Crippen LogP contribution in [0.4, 0.5) is 0 Å². The van der Waals surface area contributed by atoms with Crippen LogP contribution in [0, 0.1) is 0 Å². The molecule has 0 saturated carbocycles. The predicted octanol–water partition coefficient (Wildman–Crippen LogP) is 3.67. The van der Waals surface area contributed by atoms with Gasteiger partial charge in [-0.15, -0.1) is 0 Å². The van der Waals surface area contributed by atoms with Crippen LogP contribution in [0.2, 0.25) is 5.02 Å². The monoisotopic (exact) mass is 289 g/mol. The minimum Gasteiger partial charge on any atom is -0.488 e. The van der Waals surface area contributed by atoms with Crippen LogP contribution in [0.1, 0.15) is 22.8 Å². The molecule has 0 atom stereocenters. The standard InChI is InChI=1S/C16H16ClNO2/c1-2-18-16(19)14-5-3-4-6-15(14)20-11-12-7-9-13(17)10-8-12/h3-10H,2,11H2,1H3,(H,18,19). The zero-order valence-corrected chi connectivity index (χ0v) is 12.0. The smallest absolute Gasteiger partial charge is 0.255 e. The van der Waals surface area contributed by atoms with Gasteiger partial charge >= 0.3 is 0 Å². The van der Waals surface area contributed by atoms with E-state index < -0.39 is 0 Å². The molecule has 20 heavy (non-hydrogen) atoms. The van der Waals surface area contributed by atoms with Gasteiger partial charge in [0.15, 0.2) is 0 Å². The molecule has 0 aliphatic carbocycles. The maximum absolute atomic E-state index is 11.9. The Labute approximate surface area is 123 Å². The molecule has 3 nitrogen and oxygen atoms in total. The van der Waals surface area contributed by atoms with E-state index in [0.29, 0.717) is 29.5 Å². The molecule has 1 amide bonds. The number of carbonyl (C=O) groups excluding carboxylic acids is 1. The highest BCUT2D eigenvalue weighted by Gasteiger charge is 2.10. The van der Waals surface area contributed by atoms with Crippen molar-refractivity contribution < 1.29 is 9.53 Å². The molecular weight excluding hydrogens is 274 g/mol. The fourth-order valence-corrected chi connectivity index (χ4v) is 1.90. The molecule has 0 saturated heterocycles. The normalized spacial score (nSPS) is 10.1. The van der Waals surface area contributed by atoms with E-state index in [1.54, 1.807) is 12.1 Å². The first-order chi connectivity index (χ1) is 9.70. The van der Waals surface area contributed by atoms with Crippen molar-refractivity contribution in [3.63, 3.8) is 0 Å². The van der Waals surface area contributed by atoms with E-state index in [2.05, 4.69) is 5.32 Å². The SMILES string of the molecule is CCNC(=O)c1ccccc1OCc1ccc(Cl)cc1. The van der Waals surface area contributed by atoms with Crippen molar-refractivity contribution in [2.24, 2.45) is 0 Å². The van der Waals surface area contributed by atoms with Gasteiger partial charge in [0.2, 0.25) is 0 Å². The molecule has 0 aliphatic heterocycles. The molecule has 0 unspecified atom stereocenters. The van der Waals surface area contributed by atoms with E-state index in [1.165, 1.54) is 0 Å². The van der Waals surface area contributed by atoms with Crippen LogP contribution in [0.3, 0.4) is 0 Å². The minimum atomic E-state index is -0.126. The third-order valence-corrected chi connectivity index (χ3v) is 3.03. The van der Waals surface area contributed by atoms with Crippen LogP contribution in [0.15, 0.2) is 48.5 Å². The molecule has 0 fully saturated rings. The third kappa shape index (κ3) is 3.75. The molecular formula is C16H16ClNO2. The van der Waals surface area contributed by atoms with E-state index in [4.69, 9.17) is 16.3 Å². The number of hydrogen-bond acceptors (Lipinski definition) is 2. The van der Waals surface area contributed by atoms with Crippen molar-refractivity contribution in [1.29, 1.82) is 0 Å². The van der Waals surface area contributed by atoms with Gasteiger partial charge in [0, 0.05) is 11.6 Å². The van der Waals surface area contributed by atoms with Gasteiger partial charge < -0.3 is 10.1 Å². The number of ether oxygens (including phenoxy) is 1. The number of para-hydroxylation sites is 1. The Balaban J connectivity index is 2.09.